The summed E-state index contributed by atoms with van der Waals surface area (Å²) < 4.78 is 0.743. The molecule has 0 unspecified atom stereocenters. The maximum Gasteiger partial charge on any atom is 0.256 e. The van der Waals surface area contributed by atoms with E-state index in [0.717, 1.165) is 17.3 Å². The van der Waals surface area contributed by atoms with Gasteiger partial charge in [0.2, 0.25) is 5.91 Å². The van der Waals surface area contributed by atoms with Crippen LogP contribution in [0.25, 0.3) is 0 Å². The molecule has 124 valence electrons. The molecule has 0 aliphatic heterocycles. The molecule has 24 heavy (non-hydrogen) atoms. The lowest BCUT2D eigenvalue weighted by Crippen LogP contribution is -2.21. The van der Waals surface area contributed by atoms with Crippen LogP contribution in [-0.2, 0) is 4.79 Å². The molecule has 1 fully saturated rings. The largest absolute Gasteiger partial charge is 0.326 e. The quantitative estimate of drug-likeness (QED) is 0.772. The molecular formula is C19H19BrN2O2. The van der Waals surface area contributed by atoms with E-state index in [4.69, 9.17) is 0 Å². The fraction of sp³-hybridized carbons (Fsp3) is 0.263. The number of halogens is 1. The van der Waals surface area contributed by atoms with Crippen molar-refractivity contribution in [2.75, 3.05) is 10.6 Å². The molecule has 4 nitrogen and oxygen atoms in total. The highest BCUT2D eigenvalue weighted by atomic mass is 79.9. The van der Waals surface area contributed by atoms with E-state index < -0.39 is 0 Å². The average molecular weight is 387 g/mol. The molecule has 2 aromatic carbocycles. The summed E-state index contributed by atoms with van der Waals surface area (Å²) in [6, 6.07) is 14.5. The van der Waals surface area contributed by atoms with Gasteiger partial charge >= 0.3 is 0 Å². The maximum absolute atomic E-state index is 12.3. The molecule has 0 spiro atoms. The van der Waals surface area contributed by atoms with E-state index in [2.05, 4.69) is 26.6 Å². The summed E-state index contributed by atoms with van der Waals surface area (Å²) in [6.45, 7) is 0. The van der Waals surface area contributed by atoms with E-state index in [1.54, 1.807) is 18.2 Å². The molecule has 0 bridgehead atoms. The Morgan fingerprint density at radius 2 is 1.71 bits per heavy atom. The molecule has 1 aliphatic rings. The summed E-state index contributed by atoms with van der Waals surface area (Å²) in [7, 11) is 0. The van der Waals surface area contributed by atoms with Crippen LogP contribution in [0.4, 0.5) is 11.4 Å². The van der Waals surface area contributed by atoms with Gasteiger partial charge in [0, 0.05) is 22.3 Å². The SMILES string of the molecule is O=C(CC1CCC1)Nc1cccc(NC(=O)c2ccccc2Br)c1. The molecule has 2 amide bonds. The van der Waals surface area contributed by atoms with Crippen molar-refractivity contribution in [3.63, 3.8) is 0 Å². The topological polar surface area (TPSA) is 58.2 Å². The molecule has 0 aromatic heterocycles. The van der Waals surface area contributed by atoms with Crippen molar-refractivity contribution in [3.05, 3.63) is 58.6 Å². The molecule has 3 rings (SSSR count). The van der Waals surface area contributed by atoms with Crippen LogP contribution >= 0.6 is 15.9 Å². The summed E-state index contributed by atoms with van der Waals surface area (Å²) in [5.41, 5.74) is 1.92. The minimum Gasteiger partial charge on any atom is -0.326 e. The Balaban J connectivity index is 1.63. The summed E-state index contributed by atoms with van der Waals surface area (Å²) in [6.07, 6.45) is 4.10. The molecular weight excluding hydrogens is 368 g/mol. The first kappa shape index (κ1) is 16.7. The van der Waals surface area contributed by atoms with Crippen LogP contribution in [0.1, 0.15) is 36.0 Å². The number of hydrogen-bond acceptors (Lipinski definition) is 2. The van der Waals surface area contributed by atoms with Gasteiger partial charge in [0.05, 0.1) is 5.56 Å². The summed E-state index contributed by atoms with van der Waals surface area (Å²) >= 11 is 3.37. The van der Waals surface area contributed by atoms with Crippen LogP contribution in [0.5, 0.6) is 0 Å². The van der Waals surface area contributed by atoms with E-state index in [1.165, 1.54) is 6.42 Å². The second kappa shape index (κ2) is 7.62. The van der Waals surface area contributed by atoms with Gasteiger partial charge in [-0.15, -0.1) is 0 Å². The Kier molecular flexibility index (Phi) is 5.30. The Bertz CT molecular complexity index is 757. The average Bonchev–Trinajstić information content (AvgIpc) is 2.51. The molecule has 1 saturated carbocycles. The molecule has 5 heteroatoms. The van der Waals surface area contributed by atoms with Crippen LogP contribution in [0.3, 0.4) is 0 Å². The lowest BCUT2D eigenvalue weighted by molar-refractivity contribution is -0.117. The molecule has 0 atom stereocenters. The second-order valence-electron chi connectivity index (χ2n) is 6.06. The van der Waals surface area contributed by atoms with Crippen molar-refractivity contribution in [1.82, 2.24) is 0 Å². The number of carbonyl (C=O) groups excluding carboxylic acids is 2. The number of benzene rings is 2. The third kappa shape index (κ3) is 4.23. The van der Waals surface area contributed by atoms with Crippen LogP contribution in [0.15, 0.2) is 53.0 Å². The molecule has 0 heterocycles. The normalized spacial score (nSPS) is 13.9. The zero-order valence-electron chi connectivity index (χ0n) is 13.2. The summed E-state index contributed by atoms with van der Waals surface area (Å²) in [5, 5.41) is 5.76. The number of nitrogens with one attached hydrogen (secondary N) is 2. The van der Waals surface area contributed by atoms with E-state index in [1.807, 2.05) is 30.3 Å². The number of amides is 2. The smallest absolute Gasteiger partial charge is 0.256 e. The second-order valence-corrected chi connectivity index (χ2v) is 6.92. The van der Waals surface area contributed by atoms with Crippen molar-refractivity contribution < 1.29 is 9.59 Å². The zero-order valence-corrected chi connectivity index (χ0v) is 14.8. The predicted octanol–water partition coefficient (Wildman–Crippen LogP) is 4.83. The van der Waals surface area contributed by atoms with Gasteiger partial charge < -0.3 is 10.6 Å². The van der Waals surface area contributed by atoms with Crippen molar-refractivity contribution in [2.45, 2.75) is 25.7 Å². The first-order valence-electron chi connectivity index (χ1n) is 8.07. The van der Waals surface area contributed by atoms with Crippen LogP contribution in [0, 0.1) is 5.92 Å². The minimum atomic E-state index is -0.194. The fourth-order valence-corrected chi connectivity index (χ4v) is 3.15. The zero-order chi connectivity index (χ0) is 16.9. The highest BCUT2D eigenvalue weighted by Gasteiger charge is 2.20. The predicted molar refractivity (Wildman–Crippen MR) is 99.1 cm³/mol. The minimum absolute atomic E-state index is 0.0361. The molecule has 1 aliphatic carbocycles. The number of hydrogen-bond donors (Lipinski definition) is 2. The number of anilines is 2. The first-order valence-corrected chi connectivity index (χ1v) is 8.87. The number of carbonyl (C=O) groups is 2. The molecule has 2 aromatic rings. The van der Waals surface area contributed by atoms with Crippen LogP contribution in [0.2, 0.25) is 0 Å². The van der Waals surface area contributed by atoms with E-state index in [-0.39, 0.29) is 11.8 Å². The van der Waals surface area contributed by atoms with Gasteiger partial charge in [0.1, 0.15) is 0 Å². The molecule has 2 N–H and O–H groups in total. The third-order valence-electron chi connectivity index (χ3n) is 4.22. The van der Waals surface area contributed by atoms with Gasteiger partial charge in [-0.05, 0) is 65.0 Å². The van der Waals surface area contributed by atoms with Crippen molar-refractivity contribution >= 4 is 39.1 Å². The molecule has 0 radical (unpaired) electrons. The highest BCUT2D eigenvalue weighted by Crippen LogP contribution is 2.29. The van der Waals surface area contributed by atoms with Crippen molar-refractivity contribution in [2.24, 2.45) is 5.92 Å². The van der Waals surface area contributed by atoms with E-state index >= 15 is 0 Å². The van der Waals surface area contributed by atoms with Gasteiger partial charge in [-0.3, -0.25) is 9.59 Å². The Morgan fingerprint density at radius 3 is 2.38 bits per heavy atom. The standard InChI is InChI=1S/C19H19BrN2O2/c20-17-10-2-1-9-16(17)19(24)22-15-8-4-7-14(12-15)21-18(23)11-13-5-3-6-13/h1-2,4,7-10,12-13H,3,5-6,11H2,(H,21,23)(H,22,24). The summed E-state index contributed by atoms with van der Waals surface area (Å²) in [5.74, 6) is 0.373. The lowest BCUT2D eigenvalue weighted by atomic mass is 9.83. The Morgan fingerprint density at radius 1 is 1.00 bits per heavy atom. The van der Waals surface area contributed by atoms with E-state index in [9.17, 15) is 9.59 Å². The van der Waals surface area contributed by atoms with Gasteiger partial charge in [-0.2, -0.15) is 0 Å². The monoisotopic (exact) mass is 386 g/mol. The van der Waals surface area contributed by atoms with Crippen molar-refractivity contribution in [1.29, 1.82) is 0 Å². The van der Waals surface area contributed by atoms with Crippen LogP contribution < -0.4 is 10.6 Å². The van der Waals surface area contributed by atoms with Gasteiger partial charge in [0.25, 0.3) is 5.91 Å². The fourth-order valence-electron chi connectivity index (χ4n) is 2.69. The highest BCUT2D eigenvalue weighted by molar-refractivity contribution is 9.10. The van der Waals surface area contributed by atoms with Crippen LogP contribution in [-0.4, -0.2) is 11.8 Å². The van der Waals surface area contributed by atoms with Gasteiger partial charge in [-0.1, -0.05) is 24.6 Å². The third-order valence-corrected chi connectivity index (χ3v) is 4.91. The Hall–Kier alpha value is -2.14. The van der Waals surface area contributed by atoms with Gasteiger partial charge in [-0.25, -0.2) is 0 Å². The molecule has 0 saturated heterocycles. The lowest BCUT2D eigenvalue weighted by Gasteiger charge is -2.24. The van der Waals surface area contributed by atoms with E-state index in [0.29, 0.717) is 29.3 Å². The maximum atomic E-state index is 12.3. The van der Waals surface area contributed by atoms with Gasteiger partial charge in [0.15, 0.2) is 0 Å². The first-order chi connectivity index (χ1) is 11.6. The van der Waals surface area contributed by atoms with Crippen molar-refractivity contribution in [3.8, 4) is 0 Å². The Labute approximate surface area is 149 Å². The number of rotatable bonds is 5. The summed E-state index contributed by atoms with van der Waals surface area (Å²) in [4.78, 5) is 24.3.